The first-order valence-corrected chi connectivity index (χ1v) is 40.3. The molecule has 7 atom stereocenters. The fourth-order valence-corrected chi connectivity index (χ4v) is 12.4. The summed E-state index contributed by atoms with van der Waals surface area (Å²) in [7, 11) is -9.91. The van der Waals surface area contributed by atoms with Gasteiger partial charge in [-0.3, -0.25) is 37.3 Å². The summed E-state index contributed by atoms with van der Waals surface area (Å²) in [6.45, 7) is 14.1. The molecule has 0 aromatic carbocycles. The van der Waals surface area contributed by atoms with E-state index >= 15 is 0 Å². The van der Waals surface area contributed by atoms with E-state index in [2.05, 4.69) is 55.4 Å². The molecule has 3 N–H and O–H groups in total. The van der Waals surface area contributed by atoms with Gasteiger partial charge in [-0.2, -0.15) is 0 Å². The van der Waals surface area contributed by atoms with E-state index in [1.165, 1.54) is 154 Å². The topological polar surface area (TPSA) is 237 Å². The maximum Gasteiger partial charge on any atom is 0.472 e. The zero-order chi connectivity index (χ0) is 67.5. The van der Waals surface area contributed by atoms with Crippen LogP contribution in [0.3, 0.4) is 0 Å². The minimum Gasteiger partial charge on any atom is -0.462 e. The number of unbranched alkanes of at least 4 members (excludes halogenated alkanes) is 33. The summed E-state index contributed by atoms with van der Waals surface area (Å²) in [5.41, 5.74) is 0. The highest BCUT2D eigenvalue weighted by Crippen LogP contribution is 2.45. The second-order valence-electron chi connectivity index (χ2n) is 27.4. The third-order valence-corrected chi connectivity index (χ3v) is 19.2. The Hall–Kier alpha value is -1.94. The summed E-state index contributed by atoms with van der Waals surface area (Å²) in [5, 5.41) is 10.6. The summed E-state index contributed by atoms with van der Waals surface area (Å²) < 4.78 is 68.4. The Morgan fingerprint density at radius 3 is 0.780 bits per heavy atom. The lowest BCUT2D eigenvalue weighted by molar-refractivity contribution is -0.161. The summed E-state index contributed by atoms with van der Waals surface area (Å²) in [4.78, 5) is 72.7. The molecule has 0 bridgehead atoms. The van der Waals surface area contributed by atoms with E-state index in [0.29, 0.717) is 25.7 Å². The summed E-state index contributed by atoms with van der Waals surface area (Å²) in [6.07, 6.45) is 44.3. The van der Waals surface area contributed by atoms with Crippen LogP contribution < -0.4 is 0 Å². The largest absolute Gasteiger partial charge is 0.472 e. The number of aliphatic hydroxyl groups excluding tert-OH is 1. The third-order valence-electron chi connectivity index (χ3n) is 17.3. The monoisotopic (exact) mass is 1340 g/mol. The molecule has 4 unspecified atom stereocenters. The Morgan fingerprint density at radius 2 is 0.527 bits per heavy atom. The third kappa shape index (κ3) is 63.9. The van der Waals surface area contributed by atoms with Gasteiger partial charge >= 0.3 is 39.5 Å². The van der Waals surface area contributed by atoms with Gasteiger partial charge in [0.15, 0.2) is 12.2 Å². The Balaban J connectivity index is 5.27. The van der Waals surface area contributed by atoms with E-state index in [0.717, 1.165) is 120 Å². The first-order chi connectivity index (χ1) is 43.7. The van der Waals surface area contributed by atoms with Crippen molar-refractivity contribution < 1.29 is 80.2 Å². The molecule has 0 amide bonds. The van der Waals surface area contributed by atoms with Crippen LogP contribution in [-0.4, -0.2) is 96.7 Å². The normalized spacial score (nSPS) is 14.8. The van der Waals surface area contributed by atoms with Crippen LogP contribution in [0, 0.1) is 23.7 Å². The van der Waals surface area contributed by atoms with Crippen molar-refractivity contribution in [2.75, 3.05) is 39.6 Å². The number of carbonyl (C=O) groups excluding carboxylic acids is 4. The molecule has 0 aromatic rings. The highest BCUT2D eigenvalue weighted by molar-refractivity contribution is 7.47. The highest BCUT2D eigenvalue weighted by atomic mass is 31.2. The molecule has 0 aliphatic rings. The molecular weight excluding hydrogens is 1200 g/mol. The second-order valence-corrected chi connectivity index (χ2v) is 30.3. The number of phosphoric ester groups is 2. The summed E-state index contributed by atoms with van der Waals surface area (Å²) >= 11 is 0. The zero-order valence-corrected chi connectivity index (χ0v) is 61.3. The van der Waals surface area contributed by atoms with Crippen molar-refractivity contribution in [3.05, 3.63) is 0 Å². The van der Waals surface area contributed by atoms with Crippen molar-refractivity contribution in [1.29, 1.82) is 0 Å². The molecule has 17 nitrogen and oxygen atoms in total. The number of carbonyl (C=O) groups is 4. The van der Waals surface area contributed by atoms with E-state index in [-0.39, 0.29) is 25.7 Å². The van der Waals surface area contributed by atoms with Crippen LogP contribution in [0.2, 0.25) is 0 Å². The van der Waals surface area contributed by atoms with E-state index in [9.17, 15) is 43.2 Å². The van der Waals surface area contributed by atoms with Crippen molar-refractivity contribution >= 4 is 39.5 Å². The fraction of sp³-hybridized carbons (Fsp3) is 0.944. The SMILES string of the molecule is CCC(C)CCCCCCCCCCCCC(=O)O[C@H](COC(=O)CCCCCCCCC(C)CC)COP(=O)(O)OC[C@H](O)COP(=O)(O)OC[C@@H](COC(=O)CCCCCCCCCCCCC(C)C)OC(=O)CCCCCCCCCCCCCC(C)C. The van der Waals surface area contributed by atoms with Crippen LogP contribution in [-0.2, 0) is 65.4 Å². The van der Waals surface area contributed by atoms with Gasteiger partial charge in [-0.15, -0.1) is 0 Å². The van der Waals surface area contributed by atoms with Gasteiger partial charge < -0.3 is 33.8 Å². The van der Waals surface area contributed by atoms with Gasteiger partial charge in [-0.25, -0.2) is 9.13 Å². The van der Waals surface area contributed by atoms with Crippen LogP contribution in [0.4, 0.5) is 0 Å². The number of hydrogen-bond acceptors (Lipinski definition) is 15. The molecule has 19 heteroatoms. The van der Waals surface area contributed by atoms with Crippen molar-refractivity contribution in [3.8, 4) is 0 Å². The van der Waals surface area contributed by atoms with Crippen LogP contribution in [0.15, 0.2) is 0 Å². The molecule has 0 rings (SSSR count). The standard InChI is InChI=1S/C72H140O17P2/c1-9-64(7)50-42-34-26-20-15-17-23-29-39-47-55-72(77)89-68(59-83-70(75)53-45-37-31-30-35-43-51-65(8)10-2)61-87-91(80,81)85-57-66(73)56-84-90(78,79)86-60-67(58-82-69(74)52-44-36-27-21-16-14-19-25-33-41-49-63(5)6)88-71(76)54-46-38-28-22-13-11-12-18-24-32-40-48-62(3)4/h62-68,73H,9-61H2,1-8H3,(H,78,79)(H,80,81)/t64?,65?,66-,67-,68-/m1/s1. The molecule has 0 fully saturated rings. The molecular formula is C72H140O17P2. The number of aliphatic hydroxyl groups is 1. The second kappa shape index (κ2) is 61.6. The lowest BCUT2D eigenvalue weighted by atomic mass is 9.99. The van der Waals surface area contributed by atoms with Crippen molar-refractivity contribution in [2.24, 2.45) is 23.7 Å². The molecule has 0 aliphatic heterocycles. The average molecular weight is 1340 g/mol. The van der Waals surface area contributed by atoms with E-state index in [1.54, 1.807) is 0 Å². The maximum absolute atomic E-state index is 13.0. The Morgan fingerprint density at radius 1 is 0.308 bits per heavy atom. The van der Waals surface area contributed by atoms with Gasteiger partial charge in [0.25, 0.3) is 0 Å². The predicted octanol–water partition coefficient (Wildman–Crippen LogP) is 20.5. The number of hydrogen-bond donors (Lipinski definition) is 3. The average Bonchev–Trinajstić information content (AvgIpc) is 2.59. The van der Waals surface area contributed by atoms with Gasteiger partial charge in [0.05, 0.1) is 26.4 Å². The number of ether oxygens (including phenoxy) is 4. The highest BCUT2D eigenvalue weighted by Gasteiger charge is 2.30. The van der Waals surface area contributed by atoms with Crippen molar-refractivity contribution in [3.63, 3.8) is 0 Å². The first kappa shape index (κ1) is 89.1. The molecule has 0 spiro atoms. The zero-order valence-electron chi connectivity index (χ0n) is 59.5. The molecule has 0 aromatic heterocycles. The van der Waals surface area contributed by atoms with Crippen LogP contribution in [0.1, 0.15) is 357 Å². The van der Waals surface area contributed by atoms with Gasteiger partial charge in [0, 0.05) is 25.7 Å². The molecule has 0 saturated heterocycles. The number of esters is 4. The van der Waals surface area contributed by atoms with Crippen molar-refractivity contribution in [2.45, 2.75) is 375 Å². The lowest BCUT2D eigenvalue weighted by Crippen LogP contribution is -2.30. The van der Waals surface area contributed by atoms with Crippen LogP contribution >= 0.6 is 15.6 Å². The minimum absolute atomic E-state index is 0.105. The van der Waals surface area contributed by atoms with Crippen LogP contribution in [0.25, 0.3) is 0 Å². The van der Waals surface area contributed by atoms with Crippen molar-refractivity contribution in [1.82, 2.24) is 0 Å². The lowest BCUT2D eigenvalue weighted by Gasteiger charge is -2.21. The molecule has 91 heavy (non-hydrogen) atoms. The van der Waals surface area contributed by atoms with E-state index in [4.69, 9.17) is 37.0 Å². The fourth-order valence-electron chi connectivity index (χ4n) is 10.8. The van der Waals surface area contributed by atoms with E-state index in [1.807, 2.05) is 0 Å². The Kier molecular flexibility index (Phi) is 60.3. The quantitative estimate of drug-likeness (QED) is 0.0222. The van der Waals surface area contributed by atoms with Gasteiger partial charge in [-0.1, -0.05) is 306 Å². The minimum atomic E-state index is -4.95. The smallest absolute Gasteiger partial charge is 0.462 e. The number of phosphoric acid groups is 2. The molecule has 0 heterocycles. The molecule has 0 radical (unpaired) electrons. The van der Waals surface area contributed by atoms with E-state index < -0.39 is 97.5 Å². The van der Waals surface area contributed by atoms with Gasteiger partial charge in [-0.05, 0) is 49.4 Å². The molecule has 0 aliphatic carbocycles. The maximum atomic E-state index is 13.0. The van der Waals surface area contributed by atoms with Crippen LogP contribution in [0.5, 0.6) is 0 Å². The van der Waals surface area contributed by atoms with Gasteiger partial charge in [0.2, 0.25) is 0 Å². The van der Waals surface area contributed by atoms with Gasteiger partial charge in [0.1, 0.15) is 19.3 Å². The Bertz CT molecular complexity index is 1800. The number of rotatable bonds is 69. The summed E-state index contributed by atoms with van der Waals surface area (Å²) in [6, 6.07) is 0. The summed E-state index contributed by atoms with van der Waals surface area (Å²) in [5.74, 6) is 0.931. The Labute approximate surface area is 556 Å². The predicted molar refractivity (Wildman–Crippen MR) is 367 cm³/mol. The molecule has 540 valence electrons. The molecule has 0 saturated carbocycles. The first-order valence-electron chi connectivity index (χ1n) is 37.3.